The third kappa shape index (κ3) is 6.01. The monoisotopic (exact) mass is 456 g/mol. The number of hydrogen-bond acceptors (Lipinski definition) is 4. The molecule has 176 valence electrons. The molecule has 0 aliphatic carbocycles. The van der Waals surface area contributed by atoms with E-state index in [1.54, 1.807) is 18.5 Å². The van der Waals surface area contributed by atoms with E-state index in [1.807, 2.05) is 45.0 Å². The second-order valence-corrected chi connectivity index (χ2v) is 10.0. The van der Waals surface area contributed by atoms with Crippen LogP contribution in [0, 0.1) is 5.41 Å². The van der Waals surface area contributed by atoms with Crippen LogP contribution in [0.5, 0.6) is 0 Å². The second kappa shape index (κ2) is 10.1. The highest BCUT2D eigenvalue weighted by molar-refractivity contribution is 6.02. The molecule has 6 heteroatoms. The fraction of sp³-hybridized carbons (Fsp3) is 0.321. The van der Waals surface area contributed by atoms with E-state index in [1.165, 1.54) is 11.1 Å². The van der Waals surface area contributed by atoms with Crippen LogP contribution in [0.15, 0.2) is 67.0 Å². The number of pyridine rings is 1. The zero-order valence-corrected chi connectivity index (χ0v) is 20.1. The molecule has 0 saturated heterocycles. The molecule has 0 unspecified atom stereocenters. The topological polar surface area (TPSA) is 74.3 Å². The minimum atomic E-state index is -0.176. The Bertz CT molecular complexity index is 1170. The molecule has 1 aromatic heterocycles. The number of hydrogen-bond donors (Lipinski definition) is 2. The molecule has 0 spiro atoms. The Balaban J connectivity index is 1.59. The summed E-state index contributed by atoms with van der Waals surface area (Å²) in [5.41, 5.74) is 5.49. The third-order valence-electron chi connectivity index (χ3n) is 5.86. The lowest BCUT2D eigenvalue weighted by Gasteiger charge is -2.32. The SMILES string of the molecule is CC(C)(C)CC(=O)Nc1ccc(N2CCc3ccccc3C2)c(C(=O)NCc2cccnc2)c1. The Hall–Kier alpha value is -3.67. The Morgan fingerprint density at radius 3 is 2.56 bits per heavy atom. The van der Waals surface area contributed by atoms with Crippen LogP contribution >= 0.6 is 0 Å². The van der Waals surface area contributed by atoms with Crippen molar-refractivity contribution in [1.82, 2.24) is 10.3 Å². The Labute approximate surface area is 201 Å². The van der Waals surface area contributed by atoms with Crippen molar-refractivity contribution in [3.05, 3.63) is 89.2 Å². The van der Waals surface area contributed by atoms with E-state index >= 15 is 0 Å². The van der Waals surface area contributed by atoms with Gasteiger partial charge in [0.25, 0.3) is 5.91 Å². The molecule has 6 nitrogen and oxygen atoms in total. The molecule has 2 N–H and O–H groups in total. The first-order chi connectivity index (χ1) is 16.3. The maximum atomic E-state index is 13.3. The van der Waals surface area contributed by atoms with Crippen LogP contribution in [0.1, 0.15) is 54.2 Å². The molecule has 0 saturated carbocycles. The van der Waals surface area contributed by atoms with Gasteiger partial charge in [0.05, 0.1) is 5.56 Å². The van der Waals surface area contributed by atoms with Gasteiger partial charge in [-0.1, -0.05) is 51.1 Å². The number of carbonyl (C=O) groups excluding carboxylic acids is 2. The van der Waals surface area contributed by atoms with E-state index in [2.05, 4.69) is 44.8 Å². The number of amides is 2. The molecule has 2 amide bonds. The molecule has 2 aromatic carbocycles. The number of aromatic nitrogens is 1. The minimum absolute atomic E-state index is 0.0612. The van der Waals surface area contributed by atoms with Crippen molar-refractivity contribution in [1.29, 1.82) is 0 Å². The first kappa shape index (κ1) is 23.5. The molecule has 34 heavy (non-hydrogen) atoms. The molecular weight excluding hydrogens is 424 g/mol. The lowest BCUT2D eigenvalue weighted by molar-refractivity contribution is -0.117. The summed E-state index contributed by atoms with van der Waals surface area (Å²) >= 11 is 0. The van der Waals surface area contributed by atoms with Gasteiger partial charge in [0.1, 0.15) is 0 Å². The summed E-state index contributed by atoms with van der Waals surface area (Å²) in [6.07, 6.45) is 4.78. The van der Waals surface area contributed by atoms with Gasteiger partial charge in [-0.15, -0.1) is 0 Å². The predicted molar refractivity (Wildman–Crippen MR) is 136 cm³/mol. The number of fused-ring (bicyclic) bond motifs is 1. The van der Waals surface area contributed by atoms with Crippen LogP contribution in [0.3, 0.4) is 0 Å². The molecule has 3 aromatic rings. The minimum Gasteiger partial charge on any atom is -0.366 e. The summed E-state index contributed by atoms with van der Waals surface area (Å²) < 4.78 is 0. The zero-order valence-electron chi connectivity index (χ0n) is 20.1. The molecule has 0 fully saturated rings. The van der Waals surface area contributed by atoms with Gasteiger partial charge in [-0.3, -0.25) is 14.6 Å². The van der Waals surface area contributed by atoms with Crippen LogP contribution in [-0.4, -0.2) is 23.3 Å². The standard InChI is InChI=1S/C28H32N4O2/c1-28(2,3)16-26(33)31-23-10-11-25(32-14-12-21-8-4-5-9-22(21)19-32)24(15-23)27(34)30-18-20-7-6-13-29-17-20/h4-11,13,15,17H,12,14,16,18-19H2,1-3H3,(H,30,34)(H,31,33). The largest absolute Gasteiger partial charge is 0.366 e. The molecule has 0 atom stereocenters. The average Bonchev–Trinajstić information content (AvgIpc) is 2.81. The molecular formula is C28H32N4O2. The summed E-state index contributed by atoms with van der Waals surface area (Å²) in [5, 5.41) is 5.98. The van der Waals surface area contributed by atoms with Gasteiger partial charge in [-0.25, -0.2) is 0 Å². The highest BCUT2D eigenvalue weighted by Gasteiger charge is 2.23. The molecule has 1 aliphatic rings. The van der Waals surface area contributed by atoms with E-state index in [-0.39, 0.29) is 17.2 Å². The third-order valence-corrected chi connectivity index (χ3v) is 5.86. The van der Waals surface area contributed by atoms with E-state index < -0.39 is 0 Å². The molecule has 4 rings (SSSR count). The van der Waals surface area contributed by atoms with Crippen molar-refractivity contribution in [3.63, 3.8) is 0 Å². The number of rotatable bonds is 6. The normalized spacial score (nSPS) is 13.2. The van der Waals surface area contributed by atoms with Crippen molar-refractivity contribution < 1.29 is 9.59 Å². The summed E-state index contributed by atoms with van der Waals surface area (Å²) in [4.78, 5) is 32.2. The lowest BCUT2D eigenvalue weighted by Crippen LogP contribution is -2.33. The summed E-state index contributed by atoms with van der Waals surface area (Å²) in [6, 6.07) is 17.8. The Morgan fingerprint density at radius 1 is 1.03 bits per heavy atom. The maximum Gasteiger partial charge on any atom is 0.253 e. The first-order valence-corrected chi connectivity index (χ1v) is 11.7. The van der Waals surface area contributed by atoms with Gasteiger partial charge in [-0.2, -0.15) is 0 Å². The summed E-state index contributed by atoms with van der Waals surface area (Å²) in [7, 11) is 0. The smallest absolute Gasteiger partial charge is 0.253 e. The van der Waals surface area contributed by atoms with Gasteiger partial charge in [-0.05, 0) is 52.8 Å². The van der Waals surface area contributed by atoms with Gasteiger partial charge < -0.3 is 15.5 Å². The number of nitrogens with zero attached hydrogens (tertiary/aromatic N) is 2. The average molecular weight is 457 g/mol. The highest BCUT2D eigenvalue weighted by Crippen LogP contribution is 2.30. The molecule has 0 bridgehead atoms. The van der Waals surface area contributed by atoms with E-state index in [4.69, 9.17) is 0 Å². The Morgan fingerprint density at radius 2 is 1.82 bits per heavy atom. The van der Waals surface area contributed by atoms with Crippen LogP contribution in [0.4, 0.5) is 11.4 Å². The van der Waals surface area contributed by atoms with E-state index in [9.17, 15) is 9.59 Å². The quantitative estimate of drug-likeness (QED) is 0.550. The number of carbonyl (C=O) groups is 2. The van der Waals surface area contributed by atoms with Crippen LogP contribution in [0.25, 0.3) is 0 Å². The van der Waals surface area contributed by atoms with Crippen molar-refractivity contribution in [3.8, 4) is 0 Å². The summed E-state index contributed by atoms with van der Waals surface area (Å²) in [6.45, 7) is 8.05. The predicted octanol–water partition coefficient (Wildman–Crippen LogP) is 4.95. The molecule has 1 aliphatic heterocycles. The lowest BCUT2D eigenvalue weighted by atomic mass is 9.92. The fourth-order valence-corrected chi connectivity index (χ4v) is 4.24. The van der Waals surface area contributed by atoms with Crippen molar-refractivity contribution in [2.24, 2.45) is 5.41 Å². The van der Waals surface area contributed by atoms with Crippen molar-refractivity contribution in [2.75, 3.05) is 16.8 Å². The van der Waals surface area contributed by atoms with Gasteiger partial charge >= 0.3 is 0 Å². The molecule has 0 radical (unpaired) electrons. The fourth-order valence-electron chi connectivity index (χ4n) is 4.24. The van der Waals surface area contributed by atoms with Crippen LogP contribution in [-0.2, 0) is 24.3 Å². The van der Waals surface area contributed by atoms with Crippen molar-refractivity contribution >= 4 is 23.2 Å². The van der Waals surface area contributed by atoms with Crippen LogP contribution < -0.4 is 15.5 Å². The number of benzene rings is 2. The van der Waals surface area contributed by atoms with Gasteiger partial charge in [0.2, 0.25) is 5.91 Å². The second-order valence-electron chi connectivity index (χ2n) is 10.0. The summed E-state index contributed by atoms with van der Waals surface area (Å²) in [5.74, 6) is -0.237. The van der Waals surface area contributed by atoms with Gasteiger partial charge in [0, 0.05) is 49.8 Å². The zero-order chi connectivity index (χ0) is 24.1. The van der Waals surface area contributed by atoms with Crippen LogP contribution in [0.2, 0.25) is 0 Å². The molecule has 2 heterocycles. The highest BCUT2D eigenvalue weighted by atomic mass is 16.2. The number of anilines is 2. The van der Waals surface area contributed by atoms with Crippen molar-refractivity contribution in [2.45, 2.75) is 46.7 Å². The maximum absolute atomic E-state index is 13.3. The number of nitrogens with one attached hydrogen (secondary N) is 2. The Kier molecular flexibility index (Phi) is 6.96. The first-order valence-electron chi connectivity index (χ1n) is 11.7. The van der Waals surface area contributed by atoms with E-state index in [0.29, 0.717) is 24.2 Å². The van der Waals surface area contributed by atoms with Gasteiger partial charge in [0.15, 0.2) is 0 Å². The van der Waals surface area contributed by atoms with E-state index in [0.717, 1.165) is 30.8 Å².